The Balaban J connectivity index is 1.69. The molecule has 0 spiro atoms. The first-order valence-electron chi connectivity index (χ1n) is 8.37. The molecule has 2 aliphatic heterocycles. The van der Waals surface area contributed by atoms with E-state index in [1.54, 1.807) is 13.1 Å². The average molecular weight is 319 g/mol. The van der Waals surface area contributed by atoms with Gasteiger partial charge in [0.2, 0.25) is 0 Å². The Labute approximate surface area is 137 Å². The van der Waals surface area contributed by atoms with Gasteiger partial charge in [0.15, 0.2) is 0 Å². The van der Waals surface area contributed by atoms with Gasteiger partial charge in [0.05, 0.1) is 18.9 Å². The van der Waals surface area contributed by atoms with E-state index in [1.165, 1.54) is 0 Å². The quantitative estimate of drug-likeness (QED) is 0.898. The predicted molar refractivity (Wildman–Crippen MR) is 86.7 cm³/mol. The molecule has 0 aliphatic carbocycles. The number of aliphatic hydroxyl groups is 1. The SMILES string of the molecule is C[C@@H]1CN(C[C@@H](C)O)CCN1C(=O)c1cc2c(cn1)OCCC2. The molecule has 2 atom stereocenters. The van der Waals surface area contributed by atoms with Crippen molar-refractivity contribution < 1.29 is 14.6 Å². The minimum Gasteiger partial charge on any atom is -0.492 e. The fourth-order valence-corrected chi connectivity index (χ4v) is 3.39. The van der Waals surface area contributed by atoms with Gasteiger partial charge in [-0.2, -0.15) is 0 Å². The number of rotatable bonds is 3. The van der Waals surface area contributed by atoms with Crippen molar-refractivity contribution in [1.29, 1.82) is 0 Å². The molecule has 1 aromatic rings. The number of pyridine rings is 1. The number of hydrogen-bond donors (Lipinski definition) is 1. The molecule has 0 bridgehead atoms. The molecular weight excluding hydrogens is 294 g/mol. The van der Waals surface area contributed by atoms with E-state index < -0.39 is 0 Å². The number of carbonyl (C=O) groups is 1. The Kier molecular flexibility index (Phi) is 4.82. The summed E-state index contributed by atoms with van der Waals surface area (Å²) in [5, 5.41) is 9.51. The third-order valence-electron chi connectivity index (χ3n) is 4.51. The molecule has 1 amide bonds. The van der Waals surface area contributed by atoms with Crippen LogP contribution in [0.2, 0.25) is 0 Å². The molecule has 2 aliphatic rings. The van der Waals surface area contributed by atoms with Gasteiger partial charge in [-0.05, 0) is 38.3 Å². The number of amides is 1. The minimum atomic E-state index is -0.341. The molecular formula is C17H25N3O3. The highest BCUT2D eigenvalue weighted by atomic mass is 16.5. The molecule has 126 valence electrons. The van der Waals surface area contributed by atoms with E-state index >= 15 is 0 Å². The van der Waals surface area contributed by atoms with Crippen molar-refractivity contribution in [1.82, 2.24) is 14.8 Å². The third kappa shape index (κ3) is 3.64. The summed E-state index contributed by atoms with van der Waals surface area (Å²) in [5.41, 5.74) is 1.58. The number of ether oxygens (including phenoxy) is 1. The van der Waals surface area contributed by atoms with E-state index in [0.29, 0.717) is 18.8 Å². The lowest BCUT2D eigenvalue weighted by Crippen LogP contribution is -2.55. The number of aryl methyl sites for hydroxylation is 1. The number of piperazine rings is 1. The molecule has 1 fully saturated rings. The van der Waals surface area contributed by atoms with Gasteiger partial charge in [-0.3, -0.25) is 9.69 Å². The molecule has 3 heterocycles. The van der Waals surface area contributed by atoms with Gasteiger partial charge in [-0.15, -0.1) is 0 Å². The van der Waals surface area contributed by atoms with Gasteiger partial charge < -0.3 is 14.7 Å². The zero-order chi connectivity index (χ0) is 16.4. The highest BCUT2D eigenvalue weighted by Gasteiger charge is 2.29. The molecule has 3 rings (SSSR count). The van der Waals surface area contributed by atoms with Crippen molar-refractivity contribution in [2.75, 3.05) is 32.8 Å². The van der Waals surface area contributed by atoms with Crippen LogP contribution in [0.5, 0.6) is 5.75 Å². The average Bonchev–Trinajstić information content (AvgIpc) is 2.53. The maximum atomic E-state index is 12.8. The van der Waals surface area contributed by atoms with Crippen LogP contribution in [-0.2, 0) is 6.42 Å². The molecule has 6 nitrogen and oxygen atoms in total. The topological polar surface area (TPSA) is 65.9 Å². The van der Waals surface area contributed by atoms with Gasteiger partial charge in [-0.1, -0.05) is 0 Å². The Bertz CT molecular complexity index is 576. The lowest BCUT2D eigenvalue weighted by Gasteiger charge is -2.40. The van der Waals surface area contributed by atoms with E-state index in [-0.39, 0.29) is 18.1 Å². The second-order valence-corrected chi connectivity index (χ2v) is 6.59. The van der Waals surface area contributed by atoms with Gasteiger partial charge >= 0.3 is 0 Å². The molecule has 0 radical (unpaired) electrons. The van der Waals surface area contributed by atoms with Crippen molar-refractivity contribution in [2.24, 2.45) is 0 Å². The Morgan fingerprint density at radius 2 is 2.35 bits per heavy atom. The van der Waals surface area contributed by atoms with Crippen LogP contribution in [0, 0.1) is 0 Å². The number of β-amino-alcohol motifs (C(OH)–C–C–N with tert-alkyl or cyclic N) is 1. The van der Waals surface area contributed by atoms with Crippen LogP contribution in [0.25, 0.3) is 0 Å². The van der Waals surface area contributed by atoms with Crippen LogP contribution in [0.1, 0.15) is 36.3 Å². The summed E-state index contributed by atoms with van der Waals surface area (Å²) in [6.45, 7) is 7.46. The Morgan fingerprint density at radius 3 is 3.09 bits per heavy atom. The second kappa shape index (κ2) is 6.84. The van der Waals surface area contributed by atoms with Crippen LogP contribution < -0.4 is 4.74 Å². The summed E-state index contributed by atoms with van der Waals surface area (Å²) in [7, 11) is 0. The van der Waals surface area contributed by atoms with Gasteiger partial charge in [0, 0.05) is 32.2 Å². The number of nitrogens with zero attached hydrogens (tertiary/aromatic N) is 3. The van der Waals surface area contributed by atoms with Crippen LogP contribution in [0.4, 0.5) is 0 Å². The fraction of sp³-hybridized carbons (Fsp3) is 0.647. The van der Waals surface area contributed by atoms with Crippen LogP contribution >= 0.6 is 0 Å². The van der Waals surface area contributed by atoms with Crippen LogP contribution in [0.15, 0.2) is 12.3 Å². The first kappa shape index (κ1) is 16.2. The first-order chi connectivity index (χ1) is 11.0. The minimum absolute atomic E-state index is 0.0115. The Hall–Kier alpha value is -1.66. The first-order valence-corrected chi connectivity index (χ1v) is 8.37. The lowest BCUT2D eigenvalue weighted by molar-refractivity contribution is 0.0378. The van der Waals surface area contributed by atoms with E-state index in [2.05, 4.69) is 9.88 Å². The summed E-state index contributed by atoms with van der Waals surface area (Å²) in [6, 6.07) is 2.00. The third-order valence-corrected chi connectivity index (χ3v) is 4.51. The summed E-state index contributed by atoms with van der Waals surface area (Å²) in [4.78, 5) is 21.2. The summed E-state index contributed by atoms with van der Waals surface area (Å²) >= 11 is 0. The molecule has 23 heavy (non-hydrogen) atoms. The second-order valence-electron chi connectivity index (χ2n) is 6.59. The molecule has 1 N–H and O–H groups in total. The zero-order valence-corrected chi connectivity index (χ0v) is 13.9. The molecule has 0 saturated carbocycles. The highest BCUT2D eigenvalue weighted by Crippen LogP contribution is 2.25. The standard InChI is InChI=1S/C17H25N3O3/c1-12-10-19(11-13(2)21)5-6-20(12)17(22)15-8-14-4-3-7-23-16(14)9-18-15/h8-9,12-13,21H,3-7,10-11H2,1-2H3/t12-,13-/m1/s1. The number of hydrogen-bond acceptors (Lipinski definition) is 5. The summed E-state index contributed by atoms with van der Waals surface area (Å²) in [6.07, 6.45) is 3.26. The van der Waals surface area contributed by atoms with E-state index in [9.17, 15) is 9.90 Å². The van der Waals surface area contributed by atoms with Crippen molar-refractivity contribution >= 4 is 5.91 Å². The fourth-order valence-electron chi connectivity index (χ4n) is 3.39. The monoisotopic (exact) mass is 319 g/mol. The maximum absolute atomic E-state index is 12.8. The normalized spacial score (nSPS) is 23.1. The van der Waals surface area contributed by atoms with E-state index in [4.69, 9.17) is 4.74 Å². The van der Waals surface area contributed by atoms with Crippen LogP contribution in [0.3, 0.4) is 0 Å². The molecule has 0 aromatic carbocycles. The van der Waals surface area contributed by atoms with Gasteiger partial charge in [0.1, 0.15) is 11.4 Å². The van der Waals surface area contributed by atoms with E-state index in [0.717, 1.165) is 43.9 Å². The molecule has 1 saturated heterocycles. The molecule has 0 unspecified atom stereocenters. The zero-order valence-electron chi connectivity index (χ0n) is 13.9. The number of carbonyl (C=O) groups excluding carboxylic acids is 1. The van der Waals surface area contributed by atoms with Gasteiger partial charge in [-0.25, -0.2) is 4.98 Å². The molecule has 6 heteroatoms. The predicted octanol–water partition coefficient (Wildman–Crippen LogP) is 0.934. The number of aromatic nitrogens is 1. The number of fused-ring (bicyclic) bond motifs is 1. The van der Waals surface area contributed by atoms with Crippen LogP contribution in [-0.4, -0.2) is 70.7 Å². The number of aliphatic hydroxyl groups excluding tert-OH is 1. The molecule has 1 aromatic heterocycles. The Morgan fingerprint density at radius 1 is 1.52 bits per heavy atom. The van der Waals surface area contributed by atoms with Gasteiger partial charge in [0.25, 0.3) is 5.91 Å². The van der Waals surface area contributed by atoms with Crippen molar-refractivity contribution in [3.8, 4) is 5.75 Å². The smallest absolute Gasteiger partial charge is 0.272 e. The largest absolute Gasteiger partial charge is 0.492 e. The summed E-state index contributed by atoms with van der Waals surface area (Å²) in [5.74, 6) is 0.796. The summed E-state index contributed by atoms with van der Waals surface area (Å²) < 4.78 is 5.56. The maximum Gasteiger partial charge on any atom is 0.272 e. The lowest BCUT2D eigenvalue weighted by atomic mass is 10.1. The van der Waals surface area contributed by atoms with Crippen molar-refractivity contribution in [2.45, 2.75) is 38.8 Å². The highest BCUT2D eigenvalue weighted by molar-refractivity contribution is 5.93. The van der Waals surface area contributed by atoms with Crippen molar-refractivity contribution in [3.05, 3.63) is 23.5 Å². The van der Waals surface area contributed by atoms with Crippen molar-refractivity contribution in [3.63, 3.8) is 0 Å². The van der Waals surface area contributed by atoms with E-state index in [1.807, 2.05) is 17.9 Å².